The lowest BCUT2D eigenvalue weighted by atomic mass is 10.2. The van der Waals surface area contributed by atoms with Gasteiger partial charge in [-0.2, -0.15) is 0 Å². The summed E-state index contributed by atoms with van der Waals surface area (Å²) < 4.78 is 13.6. The highest BCUT2D eigenvalue weighted by atomic mass is 19.1. The van der Waals surface area contributed by atoms with E-state index in [1.807, 2.05) is 6.92 Å². The average molecular weight is 295 g/mol. The van der Waals surface area contributed by atoms with Gasteiger partial charge in [0.25, 0.3) is 0 Å². The number of rotatable bonds is 7. The number of halogens is 1. The highest BCUT2D eigenvalue weighted by Gasteiger charge is 2.12. The summed E-state index contributed by atoms with van der Waals surface area (Å²) in [6.45, 7) is 4.51. The molecule has 0 unspecified atom stereocenters. The van der Waals surface area contributed by atoms with Crippen LogP contribution in [0, 0.1) is 12.7 Å². The van der Waals surface area contributed by atoms with E-state index in [2.05, 4.69) is 10.6 Å². The molecular formula is C15H22FN3O2. The Morgan fingerprint density at radius 2 is 1.90 bits per heavy atom. The van der Waals surface area contributed by atoms with Crippen LogP contribution in [0.2, 0.25) is 0 Å². The standard InChI is InChI=1S/C15H22FN3O2/c1-4-7-17-14(20)9-19(3)10-15(21)18-13-6-5-11(2)8-12(13)16/h5-6,8H,4,7,9-10H2,1-3H3,(H,17,20)(H,18,21). The molecule has 116 valence electrons. The van der Waals surface area contributed by atoms with Gasteiger partial charge in [0.2, 0.25) is 11.8 Å². The van der Waals surface area contributed by atoms with Crippen molar-refractivity contribution in [1.82, 2.24) is 10.2 Å². The molecule has 2 amide bonds. The van der Waals surface area contributed by atoms with Gasteiger partial charge in [-0.25, -0.2) is 4.39 Å². The van der Waals surface area contributed by atoms with E-state index in [0.29, 0.717) is 6.54 Å². The predicted octanol–water partition coefficient (Wildman–Crippen LogP) is 1.53. The molecule has 1 aromatic carbocycles. The molecule has 0 heterocycles. The maximum atomic E-state index is 13.6. The first-order valence-electron chi connectivity index (χ1n) is 6.93. The third-order valence-electron chi connectivity index (χ3n) is 2.80. The normalized spacial score (nSPS) is 10.5. The van der Waals surface area contributed by atoms with Gasteiger partial charge < -0.3 is 10.6 Å². The minimum atomic E-state index is -0.466. The largest absolute Gasteiger partial charge is 0.355 e. The molecule has 5 nitrogen and oxygen atoms in total. The summed E-state index contributed by atoms with van der Waals surface area (Å²) in [5.41, 5.74) is 0.935. The smallest absolute Gasteiger partial charge is 0.238 e. The molecular weight excluding hydrogens is 273 g/mol. The highest BCUT2D eigenvalue weighted by Crippen LogP contribution is 2.14. The van der Waals surface area contributed by atoms with Crippen LogP contribution in [0.25, 0.3) is 0 Å². The van der Waals surface area contributed by atoms with E-state index in [9.17, 15) is 14.0 Å². The van der Waals surface area contributed by atoms with E-state index >= 15 is 0 Å². The summed E-state index contributed by atoms with van der Waals surface area (Å²) in [6, 6.07) is 4.61. The van der Waals surface area contributed by atoms with Gasteiger partial charge in [0.1, 0.15) is 5.82 Å². The second kappa shape index (κ2) is 8.36. The van der Waals surface area contributed by atoms with Crippen LogP contribution in [0.15, 0.2) is 18.2 Å². The molecule has 21 heavy (non-hydrogen) atoms. The number of likely N-dealkylation sites (N-methyl/N-ethyl adjacent to an activating group) is 1. The number of hydrogen-bond acceptors (Lipinski definition) is 3. The van der Waals surface area contributed by atoms with Gasteiger partial charge in [-0.05, 0) is 38.1 Å². The lowest BCUT2D eigenvalue weighted by Gasteiger charge is -2.16. The van der Waals surface area contributed by atoms with E-state index in [0.717, 1.165) is 12.0 Å². The Morgan fingerprint density at radius 3 is 2.52 bits per heavy atom. The van der Waals surface area contributed by atoms with Crippen molar-refractivity contribution in [2.75, 3.05) is 32.0 Å². The average Bonchev–Trinajstić information content (AvgIpc) is 2.39. The Kier molecular flexibility index (Phi) is 6.81. The van der Waals surface area contributed by atoms with Crippen LogP contribution in [0.1, 0.15) is 18.9 Å². The van der Waals surface area contributed by atoms with Crippen molar-refractivity contribution in [2.24, 2.45) is 0 Å². The molecule has 0 aliphatic rings. The second-order valence-corrected chi connectivity index (χ2v) is 5.05. The first-order valence-corrected chi connectivity index (χ1v) is 6.93. The second-order valence-electron chi connectivity index (χ2n) is 5.05. The molecule has 0 aromatic heterocycles. The Bertz CT molecular complexity index is 506. The van der Waals surface area contributed by atoms with Gasteiger partial charge >= 0.3 is 0 Å². The van der Waals surface area contributed by atoms with Crippen molar-refractivity contribution in [1.29, 1.82) is 0 Å². The van der Waals surface area contributed by atoms with E-state index in [-0.39, 0.29) is 30.6 Å². The van der Waals surface area contributed by atoms with Gasteiger partial charge in [-0.3, -0.25) is 14.5 Å². The summed E-state index contributed by atoms with van der Waals surface area (Å²) in [5, 5.41) is 5.23. The number of benzene rings is 1. The summed E-state index contributed by atoms with van der Waals surface area (Å²) in [4.78, 5) is 24.9. The molecule has 0 aliphatic carbocycles. The zero-order chi connectivity index (χ0) is 15.8. The molecule has 0 radical (unpaired) electrons. The Hall–Kier alpha value is -1.95. The van der Waals surface area contributed by atoms with Crippen LogP contribution in [0.4, 0.5) is 10.1 Å². The lowest BCUT2D eigenvalue weighted by Crippen LogP contribution is -2.39. The van der Waals surface area contributed by atoms with E-state index in [4.69, 9.17) is 0 Å². The fraction of sp³-hybridized carbons (Fsp3) is 0.467. The SMILES string of the molecule is CCCNC(=O)CN(C)CC(=O)Nc1ccc(C)cc1F. The molecule has 0 bridgehead atoms. The maximum absolute atomic E-state index is 13.6. The van der Waals surface area contributed by atoms with Crippen molar-refractivity contribution in [3.8, 4) is 0 Å². The van der Waals surface area contributed by atoms with Crippen molar-refractivity contribution >= 4 is 17.5 Å². The van der Waals surface area contributed by atoms with Crippen LogP contribution in [-0.2, 0) is 9.59 Å². The zero-order valence-corrected chi connectivity index (χ0v) is 12.7. The van der Waals surface area contributed by atoms with Crippen molar-refractivity contribution in [2.45, 2.75) is 20.3 Å². The molecule has 0 atom stereocenters. The summed E-state index contributed by atoms with van der Waals surface area (Å²) in [5.74, 6) is -0.955. The van der Waals surface area contributed by atoms with Gasteiger partial charge in [-0.1, -0.05) is 13.0 Å². The Labute approximate surface area is 124 Å². The fourth-order valence-corrected chi connectivity index (χ4v) is 1.78. The van der Waals surface area contributed by atoms with Gasteiger partial charge in [-0.15, -0.1) is 0 Å². The number of nitrogens with one attached hydrogen (secondary N) is 2. The summed E-state index contributed by atoms with van der Waals surface area (Å²) >= 11 is 0. The molecule has 0 spiro atoms. The van der Waals surface area contributed by atoms with E-state index in [1.54, 1.807) is 24.9 Å². The maximum Gasteiger partial charge on any atom is 0.238 e. The molecule has 6 heteroatoms. The van der Waals surface area contributed by atoms with Crippen LogP contribution in [0.5, 0.6) is 0 Å². The lowest BCUT2D eigenvalue weighted by molar-refractivity contribution is -0.122. The van der Waals surface area contributed by atoms with E-state index in [1.165, 1.54) is 12.1 Å². The molecule has 1 aromatic rings. The number of nitrogens with zero attached hydrogens (tertiary/aromatic N) is 1. The van der Waals surface area contributed by atoms with Crippen molar-refractivity contribution in [3.05, 3.63) is 29.6 Å². The molecule has 0 saturated carbocycles. The zero-order valence-electron chi connectivity index (χ0n) is 12.7. The van der Waals surface area contributed by atoms with Crippen LogP contribution < -0.4 is 10.6 Å². The highest BCUT2D eigenvalue weighted by molar-refractivity contribution is 5.92. The minimum Gasteiger partial charge on any atom is -0.355 e. The summed E-state index contributed by atoms with van der Waals surface area (Å²) in [6.07, 6.45) is 0.864. The van der Waals surface area contributed by atoms with Gasteiger partial charge in [0.15, 0.2) is 0 Å². The third kappa shape index (κ3) is 6.35. The van der Waals surface area contributed by atoms with Gasteiger partial charge in [0, 0.05) is 6.54 Å². The van der Waals surface area contributed by atoms with Crippen molar-refractivity contribution < 1.29 is 14.0 Å². The minimum absolute atomic E-state index is 0.0207. The monoisotopic (exact) mass is 295 g/mol. The number of hydrogen-bond donors (Lipinski definition) is 2. The first-order chi connectivity index (χ1) is 9.92. The number of aryl methyl sites for hydroxylation is 1. The number of carbonyl (C=O) groups is 2. The van der Waals surface area contributed by atoms with Crippen LogP contribution in [0.3, 0.4) is 0 Å². The third-order valence-corrected chi connectivity index (χ3v) is 2.80. The first kappa shape index (κ1) is 17.1. The number of carbonyl (C=O) groups excluding carboxylic acids is 2. The van der Waals surface area contributed by atoms with Crippen LogP contribution in [-0.4, -0.2) is 43.4 Å². The predicted molar refractivity (Wildman–Crippen MR) is 80.6 cm³/mol. The van der Waals surface area contributed by atoms with E-state index < -0.39 is 5.82 Å². The Morgan fingerprint density at radius 1 is 1.24 bits per heavy atom. The molecule has 0 fully saturated rings. The number of anilines is 1. The van der Waals surface area contributed by atoms with Gasteiger partial charge in [0.05, 0.1) is 18.8 Å². The van der Waals surface area contributed by atoms with Crippen molar-refractivity contribution in [3.63, 3.8) is 0 Å². The molecule has 0 saturated heterocycles. The molecule has 1 rings (SSSR count). The summed E-state index contributed by atoms with van der Waals surface area (Å²) in [7, 11) is 1.66. The fourth-order valence-electron chi connectivity index (χ4n) is 1.78. The Balaban J connectivity index is 2.44. The van der Waals surface area contributed by atoms with Crippen LogP contribution >= 0.6 is 0 Å². The quantitative estimate of drug-likeness (QED) is 0.802. The molecule has 0 aliphatic heterocycles. The number of amides is 2. The topological polar surface area (TPSA) is 61.4 Å². The molecule has 2 N–H and O–H groups in total.